The van der Waals surface area contributed by atoms with Crippen LogP contribution in [0, 0.1) is 0 Å². The van der Waals surface area contributed by atoms with E-state index in [0.717, 1.165) is 36.0 Å². The van der Waals surface area contributed by atoms with Crippen LogP contribution in [-0.4, -0.2) is 57.5 Å². The lowest BCUT2D eigenvalue weighted by molar-refractivity contribution is -0.137. The third-order valence-corrected chi connectivity index (χ3v) is 5.62. The molecule has 31 heavy (non-hydrogen) atoms. The molecule has 10 heteroatoms. The zero-order valence-electron chi connectivity index (χ0n) is 17.7. The molecule has 2 heterocycles. The largest absolute Gasteiger partial charge is 0.416 e. The Morgan fingerprint density at radius 1 is 1.32 bits per heavy atom. The Bertz CT molecular complexity index is 1020. The predicted octanol–water partition coefficient (Wildman–Crippen LogP) is 2.11. The van der Waals surface area contributed by atoms with Crippen molar-refractivity contribution in [3.05, 3.63) is 39.8 Å². The van der Waals surface area contributed by atoms with Crippen molar-refractivity contribution in [1.29, 1.82) is 0 Å². The van der Waals surface area contributed by atoms with Crippen LogP contribution in [0.4, 0.5) is 13.2 Å². The van der Waals surface area contributed by atoms with Crippen molar-refractivity contribution in [3.63, 3.8) is 0 Å². The number of fused-ring (bicyclic) bond motifs is 1. The zero-order chi connectivity index (χ0) is 22.9. The van der Waals surface area contributed by atoms with Crippen molar-refractivity contribution in [2.75, 3.05) is 19.6 Å². The van der Waals surface area contributed by atoms with Gasteiger partial charge in [0.05, 0.1) is 28.8 Å². The molecule has 0 saturated carbocycles. The number of piperidine rings is 1. The highest BCUT2D eigenvalue weighted by molar-refractivity contribution is 5.85. The van der Waals surface area contributed by atoms with Gasteiger partial charge in [-0.1, -0.05) is 20.8 Å². The van der Waals surface area contributed by atoms with Gasteiger partial charge in [0.25, 0.3) is 5.56 Å². The van der Waals surface area contributed by atoms with Crippen LogP contribution in [0.5, 0.6) is 0 Å². The summed E-state index contributed by atoms with van der Waals surface area (Å²) in [6, 6.07) is 2.50. The quantitative estimate of drug-likeness (QED) is 0.744. The standard InChI is InChI=1S/C21H27F3N4O3/c1-4-27-8-7-16(17(29)10-27)25-18(30)11-28-20(31)14-6-5-13(21(22,23)24)9-15(14)19(26-28)12(2)3/h5-6,9,12,16-17,29H,4,7-8,10-11H2,1-3H3,(H,25,30)/t16-,17-/m0/s1. The average molecular weight is 440 g/mol. The second kappa shape index (κ2) is 8.96. The van der Waals surface area contributed by atoms with Gasteiger partial charge in [-0.2, -0.15) is 18.3 Å². The number of aliphatic hydroxyl groups is 1. The number of aliphatic hydroxyl groups excluding tert-OH is 1. The normalized spacial score (nSPS) is 20.4. The number of carbonyl (C=O) groups is 1. The fourth-order valence-electron chi connectivity index (χ4n) is 3.86. The van der Waals surface area contributed by atoms with Crippen LogP contribution in [0.3, 0.4) is 0 Å². The predicted molar refractivity (Wildman–Crippen MR) is 110 cm³/mol. The van der Waals surface area contributed by atoms with Crippen LogP contribution < -0.4 is 10.9 Å². The topological polar surface area (TPSA) is 87.5 Å². The van der Waals surface area contributed by atoms with Gasteiger partial charge < -0.3 is 15.3 Å². The number of benzene rings is 1. The van der Waals surface area contributed by atoms with Gasteiger partial charge in [-0.15, -0.1) is 0 Å². The molecule has 7 nitrogen and oxygen atoms in total. The van der Waals surface area contributed by atoms with Gasteiger partial charge in [0, 0.05) is 18.5 Å². The number of amides is 1. The monoisotopic (exact) mass is 440 g/mol. The first-order valence-electron chi connectivity index (χ1n) is 10.3. The van der Waals surface area contributed by atoms with Crippen molar-refractivity contribution >= 4 is 16.7 Å². The van der Waals surface area contributed by atoms with E-state index in [9.17, 15) is 27.9 Å². The van der Waals surface area contributed by atoms with Gasteiger partial charge in [0.1, 0.15) is 6.54 Å². The van der Waals surface area contributed by atoms with Crippen LogP contribution in [0.25, 0.3) is 10.8 Å². The summed E-state index contributed by atoms with van der Waals surface area (Å²) in [5.74, 6) is -0.745. The third-order valence-electron chi connectivity index (χ3n) is 5.62. The Labute approximate surface area is 177 Å². The van der Waals surface area contributed by atoms with E-state index in [0.29, 0.717) is 18.7 Å². The summed E-state index contributed by atoms with van der Waals surface area (Å²) in [6.45, 7) is 7.13. The molecule has 0 unspecified atom stereocenters. The summed E-state index contributed by atoms with van der Waals surface area (Å²) in [6.07, 6.45) is -4.67. The molecule has 1 aromatic heterocycles. The van der Waals surface area contributed by atoms with E-state index in [2.05, 4.69) is 15.3 Å². The van der Waals surface area contributed by atoms with Gasteiger partial charge in [0.15, 0.2) is 0 Å². The second-order valence-corrected chi connectivity index (χ2v) is 8.18. The van der Waals surface area contributed by atoms with Crippen LogP contribution >= 0.6 is 0 Å². The number of rotatable bonds is 5. The number of hydrogen-bond acceptors (Lipinski definition) is 5. The van der Waals surface area contributed by atoms with Crippen LogP contribution in [0.15, 0.2) is 23.0 Å². The molecule has 2 aromatic rings. The summed E-state index contributed by atoms with van der Waals surface area (Å²) in [7, 11) is 0. The van der Waals surface area contributed by atoms with E-state index < -0.39 is 35.4 Å². The number of halogens is 3. The molecule has 170 valence electrons. The molecule has 2 N–H and O–H groups in total. The van der Waals surface area contributed by atoms with E-state index in [1.165, 1.54) is 0 Å². The molecular weight excluding hydrogens is 413 g/mol. The Morgan fingerprint density at radius 3 is 2.61 bits per heavy atom. The van der Waals surface area contributed by atoms with E-state index in [-0.39, 0.29) is 23.2 Å². The molecule has 0 spiro atoms. The average Bonchev–Trinajstić information content (AvgIpc) is 2.70. The summed E-state index contributed by atoms with van der Waals surface area (Å²) in [5, 5.41) is 17.4. The molecule has 0 radical (unpaired) electrons. The summed E-state index contributed by atoms with van der Waals surface area (Å²) in [5.41, 5.74) is -1.18. The van der Waals surface area contributed by atoms with Gasteiger partial charge in [-0.3, -0.25) is 9.59 Å². The maximum Gasteiger partial charge on any atom is 0.416 e. The van der Waals surface area contributed by atoms with Gasteiger partial charge >= 0.3 is 6.18 Å². The zero-order valence-corrected chi connectivity index (χ0v) is 17.7. The molecule has 1 aliphatic heterocycles. The highest BCUT2D eigenvalue weighted by Crippen LogP contribution is 2.32. The lowest BCUT2D eigenvalue weighted by Gasteiger charge is -2.35. The maximum absolute atomic E-state index is 13.1. The van der Waals surface area contributed by atoms with Crippen molar-refractivity contribution in [2.45, 2.75) is 58.0 Å². The number of β-amino-alcohol motifs (C(OH)–C–C–N with tert-alkyl or cyclic N) is 1. The first-order valence-corrected chi connectivity index (χ1v) is 10.3. The number of alkyl halides is 3. The van der Waals surface area contributed by atoms with Crippen LogP contribution in [0.2, 0.25) is 0 Å². The molecule has 1 aromatic carbocycles. The lowest BCUT2D eigenvalue weighted by atomic mass is 10.0. The number of hydrogen-bond donors (Lipinski definition) is 2. The summed E-state index contributed by atoms with van der Waals surface area (Å²) < 4.78 is 40.3. The molecule has 2 atom stereocenters. The Balaban J connectivity index is 1.88. The minimum absolute atomic E-state index is 0.0794. The van der Waals surface area contributed by atoms with Crippen molar-refractivity contribution in [3.8, 4) is 0 Å². The Morgan fingerprint density at radius 2 is 2.03 bits per heavy atom. The molecule has 1 saturated heterocycles. The number of likely N-dealkylation sites (tertiary alicyclic amines) is 1. The molecule has 3 rings (SSSR count). The minimum atomic E-state index is -4.54. The van der Waals surface area contributed by atoms with Gasteiger partial charge in [-0.25, -0.2) is 4.68 Å². The minimum Gasteiger partial charge on any atom is -0.390 e. The first-order chi connectivity index (χ1) is 14.5. The maximum atomic E-state index is 13.1. The van der Waals surface area contributed by atoms with Crippen LogP contribution in [0.1, 0.15) is 44.4 Å². The Kier molecular flexibility index (Phi) is 6.70. The molecular formula is C21H27F3N4O3. The van der Waals surface area contributed by atoms with E-state index in [1.54, 1.807) is 13.8 Å². The molecule has 1 aliphatic rings. The SMILES string of the molecule is CCN1CC[C@H](NC(=O)Cn2nc(C(C)C)c3cc(C(F)(F)F)ccc3c2=O)[C@@H](O)C1. The number of nitrogens with zero attached hydrogens (tertiary/aromatic N) is 3. The summed E-state index contributed by atoms with van der Waals surface area (Å²) in [4.78, 5) is 27.4. The molecule has 0 bridgehead atoms. The third kappa shape index (κ3) is 5.07. The van der Waals surface area contributed by atoms with E-state index in [4.69, 9.17) is 0 Å². The van der Waals surface area contributed by atoms with Crippen LogP contribution in [-0.2, 0) is 17.5 Å². The van der Waals surface area contributed by atoms with E-state index >= 15 is 0 Å². The number of carbonyl (C=O) groups excluding carboxylic acids is 1. The van der Waals surface area contributed by atoms with Gasteiger partial charge in [-0.05, 0) is 37.1 Å². The molecule has 1 fully saturated rings. The first kappa shape index (κ1) is 23.2. The van der Waals surface area contributed by atoms with E-state index in [1.807, 2.05) is 6.92 Å². The molecule has 1 amide bonds. The number of likely N-dealkylation sites (N-methyl/N-ethyl adjacent to an activating group) is 1. The fraction of sp³-hybridized carbons (Fsp3) is 0.571. The highest BCUT2D eigenvalue weighted by atomic mass is 19.4. The lowest BCUT2D eigenvalue weighted by Crippen LogP contribution is -2.54. The fourth-order valence-corrected chi connectivity index (χ4v) is 3.86. The molecule has 0 aliphatic carbocycles. The van der Waals surface area contributed by atoms with Crippen molar-refractivity contribution < 1.29 is 23.1 Å². The highest BCUT2D eigenvalue weighted by Gasteiger charge is 2.32. The smallest absolute Gasteiger partial charge is 0.390 e. The number of nitrogens with one attached hydrogen (secondary N) is 1. The number of aromatic nitrogens is 2. The Hall–Kier alpha value is -2.46. The summed E-state index contributed by atoms with van der Waals surface area (Å²) >= 11 is 0. The van der Waals surface area contributed by atoms with Crippen molar-refractivity contribution in [1.82, 2.24) is 20.0 Å². The second-order valence-electron chi connectivity index (χ2n) is 8.18. The van der Waals surface area contributed by atoms with Gasteiger partial charge in [0.2, 0.25) is 5.91 Å². The van der Waals surface area contributed by atoms with Crippen molar-refractivity contribution in [2.24, 2.45) is 0 Å².